The Kier molecular flexibility index (Phi) is 9.73. The Hall–Kier alpha value is -4.25. The third kappa shape index (κ3) is 7.89. The van der Waals surface area contributed by atoms with E-state index >= 15 is 0 Å². The topological polar surface area (TPSA) is 120 Å². The minimum Gasteiger partial charge on any atom is -0.444 e. The largest absolute Gasteiger partial charge is 0.444 e. The summed E-state index contributed by atoms with van der Waals surface area (Å²) >= 11 is 6.59. The fraction of sp³-hybridized carbons (Fsp3) is 0.455. The van der Waals surface area contributed by atoms with Crippen molar-refractivity contribution in [2.45, 2.75) is 83.1 Å². The van der Waals surface area contributed by atoms with Gasteiger partial charge in [-0.15, -0.1) is 0 Å². The fourth-order valence-electron chi connectivity index (χ4n) is 5.98. The number of hydrogen-bond donors (Lipinski definition) is 1. The van der Waals surface area contributed by atoms with E-state index in [4.69, 9.17) is 21.3 Å². The third-order valence-electron chi connectivity index (χ3n) is 8.67. The summed E-state index contributed by atoms with van der Waals surface area (Å²) < 4.78 is 9.38. The van der Waals surface area contributed by atoms with Crippen LogP contribution in [0.15, 0.2) is 55.1 Å². The molecule has 0 bridgehead atoms. The maximum atomic E-state index is 13.5. The van der Waals surface area contributed by atoms with Gasteiger partial charge in [-0.2, -0.15) is 10.2 Å². The molecule has 2 aliphatic rings. The van der Waals surface area contributed by atoms with Crippen molar-refractivity contribution in [1.82, 2.24) is 34.4 Å². The number of nitrogens with zero attached hydrogens (tertiary/aromatic N) is 7. The number of rotatable bonds is 13. The van der Waals surface area contributed by atoms with Crippen LogP contribution in [0.5, 0.6) is 0 Å². The first kappa shape index (κ1) is 30.8. The molecule has 11 nitrogen and oxygen atoms in total. The minimum atomic E-state index is -0.347. The Morgan fingerprint density at radius 3 is 2.62 bits per heavy atom. The van der Waals surface area contributed by atoms with Crippen molar-refractivity contribution in [3.8, 4) is 11.3 Å². The van der Waals surface area contributed by atoms with E-state index in [0.717, 1.165) is 60.8 Å². The van der Waals surface area contributed by atoms with E-state index in [-0.39, 0.29) is 24.8 Å². The molecule has 45 heavy (non-hydrogen) atoms. The Bertz CT molecular complexity index is 1590. The van der Waals surface area contributed by atoms with Gasteiger partial charge >= 0.3 is 6.09 Å². The molecule has 2 saturated carbocycles. The highest BCUT2D eigenvalue weighted by molar-refractivity contribution is 6.33. The summed E-state index contributed by atoms with van der Waals surface area (Å²) in [7, 11) is 1.97. The zero-order chi connectivity index (χ0) is 31.2. The highest BCUT2D eigenvalue weighted by Gasteiger charge is 2.31. The lowest BCUT2D eigenvalue weighted by molar-refractivity contribution is -0.108. The number of carbonyl (C=O) groups is 2. The maximum Gasteiger partial charge on any atom is 0.410 e. The number of ether oxygens (including phenoxy) is 1. The molecule has 1 amide bonds. The molecular formula is C33H39ClN8O3. The van der Waals surface area contributed by atoms with Crippen molar-refractivity contribution in [2.75, 3.05) is 5.32 Å². The van der Waals surface area contributed by atoms with Gasteiger partial charge in [0.1, 0.15) is 12.9 Å². The average molecular weight is 631 g/mol. The summed E-state index contributed by atoms with van der Waals surface area (Å²) in [5.74, 6) is 1.26. The van der Waals surface area contributed by atoms with Gasteiger partial charge in [0.15, 0.2) is 0 Å². The van der Waals surface area contributed by atoms with Gasteiger partial charge in [0.25, 0.3) is 0 Å². The Morgan fingerprint density at radius 2 is 1.87 bits per heavy atom. The van der Waals surface area contributed by atoms with Crippen LogP contribution >= 0.6 is 11.6 Å². The Balaban J connectivity index is 1.09. The van der Waals surface area contributed by atoms with Gasteiger partial charge < -0.3 is 19.7 Å². The number of aryl methyl sites for hydroxylation is 2. The van der Waals surface area contributed by atoms with Crippen molar-refractivity contribution in [2.24, 2.45) is 13.0 Å². The standard InChI is InChI=1S/C33H39ClN8O3/c1-40-30(16-23-8-9-23)28(18-36-40)31-29(34)19-35-32(39-31)38-26-10-12-27(13-11-26)42(21-24-6-3-2-4-7-24)33(44)45-22-25-17-37-41(20-25)14-5-15-43/h2-4,6-7,15,17-20,23,26-27H,5,8-14,16,21-22H2,1H3,(H,35,38,39). The molecule has 1 aromatic carbocycles. The van der Waals surface area contributed by atoms with Crippen LogP contribution in [0.2, 0.25) is 5.02 Å². The second-order valence-electron chi connectivity index (χ2n) is 12.1. The van der Waals surface area contributed by atoms with E-state index in [1.54, 1.807) is 17.1 Å². The molecule has 0 unspecified atom stereocenters. The maximum absolute atomic E-state index is 13.5. The Labute approximate surface area is 267 Å². The SMILES string of the molecule is Cn1ncc(-c2nc(NC3CCC(N(Cc4ccccc4)C(=O)OCc4cnn(CCC=O)c4)CC3)ncc2Cl)c1CC1CC1. The molecule has 2 aliphatic carbocycles. The van der Waals surface area contributed by atoms with Crippen LogP contribution in [0.3, 0.4) is 0 Å². The second-order valence-corrected chi connectivity index (χ2v) is 12.5. The van der Waals surface area contributed by atoms with Crippen LogP contribution in [0, 0.1) is 5.92 Å². The van der Waals surface area contributed by atoms with Gasteiger partial charge in [0, 0.05) is 61.7 Å². The van der Waals surface area contributed by atoms with Gasteiger partial charge in [-0.3, -0.25) is 9.36 Å². The van der Waals surface area contributed by atoms with E-state index in [9.17, 15) is 9.59 Å². The number of hydrogen-bond acceptors (Lipinski definition) is 8. The number of aldehydes is 1. The highest BCUT2D eigenvalue weighted by atomic mass is 35.5. The first-order valence-electron chi connectivity index (χ1n) is 15.7. The number of carbonyl (C=O) groups excluding carboxylic acids is 2. The molecule has 3 aromatic heterocycles. The van der Waals surface area contributed by atoms with E-state index in [1.807, 2.05) is 59.4 Å². The summed E-state index contributed by atoms with van der Waals surface area (Å²) in [6, 6.07) is 10.2. The summed E-state index contributed by atoms with van der Waals surface area (Å²) in [6.45, 7) is 1.10. The van der Waals surface area contributed by atoms with Crippen molar-refractivity contribution in [3.05, 3.63) is 77.0 Å². The quantitative estimate of drug-likeness (QED) is 0.183. The lowest BCUT2D eigenvalue weighted by atomic mass is 9.90. The van der Waals surface area contributed by atoms with Crippen molar-refractivity contribution < 1.29 is 14.3 Å². The van der Waals surface area contributed by atoms with Crippen molar-refractivity contribution in [3.63, 3.8) is 0 Å². The highest BCUT2D eigenvalue weighted by Crippen LogP contribution is 2.37. The minimum absolute atomic E-state index is 0.0353. The predicted molar refractivity (Wildman–Crippen MR) is 170 cm³/mol. The zero-order valence-corrected chi connectivity index (χ0v) is 26.3. The molecule has 3 heterocycles. The van der Waals surface area contributed by atoms with Gasteiger partial charge in [-0.05, 0) is 56.4 Å². The normalized spacial score (nSPS) is 18.0. The van der Waals surface area contributed by atoms with Crippen LogP contribution in [0.1, 0.15) is 61.8 Å². The average Bonchev–Trinajstić information content (AvgIpc) is 3.65. The van der Waals surface area contributed by atoms with E-state index in [0.29, 0.717) is 42.1 Å². The summed E-state index contributed by atoms with van der Waals surface area (Å²) in [4.78, 5) is 35.3. The van der Waals surface area contributed by atoms with Crippen LogP contribution < -0.4 is 5.32 Å². The van der Waals surface area contributed by atoms with E-state index in [2.05, 4.69) is 20.5 Å². The second kappa shape index (κ2) is 14.2. The third-order valence-corrected chi connectivity index (χ3v) is 8.94. The van der Waals surface area contributed by atoms with Gasteiger partial charge in [-0.1, -0.05) is 41.9 Å². The molecule has 1 N–H and O–H groups in total. The van der Waals surface area contributed by atoms with Crippen LogP contribution in [-0.4, -0.2) is 58.9 Å². The van der Waals surface area contributed by atoms with E-state index in [1.165, 1.54) is 12.8 Å². The fourth-order valence-corrected chi connectivity index (χ4v) is 6.17. The van der Waals surface area contributed by atoms with Crippen LogP contribution in [0.4, 0.5) is 10.7 Å². The van der Waals surface area contributed by atoms with Crippen LogP contribution in [0.25, 0.3) is 11.3 Å². The molecule has 2 fully saturated rings. The Morgan fingerprint density at radius 1 is 1.07 bits per heavy atom. The molecule has 6 rings (SSSR count). The summed E-state index contributed by atoms with van der Waals surface area (Å²) in [6.07, 6.45) is 14.7. The van der Waals surface area contributed by atoms with E-state index < -0.39 is 0 Å². The smallest absolute Gasteiger partial charge is 0.410 e. The number of aromatic nitrogens is 6. The lowest BCUT2D eigenvalue weighted by Crippen LogP contribution is -2.43. The molecule has 12 heteroatoms. The van der Waals surface area contributed by atoms with Gasteiger partial charge in [-0.25, -0.2) is 14.8 Å². The number of nitrogens with one attached hydrogen (secondary N) is 1. The molecule has 0 saturated heterocycles. The predicted octanol–water partition coefficient (Wildman–Crippen LogP) is 5.83. The first-order valence-corrected chi connectivity index (χ1v) is 16.1. The molecule has 0 atom stereocenters. The first-order chi connectivity index (χ1) is 22.0. The summed E-state index contributed by atoms with van der Waals surface area (Å²) in [5, 5.41) is 12.8. The number of halogens is 1. The molecule has 236 valence electrons. The molecule has 0 spiro atoms. The summed E-state index contributed by atoms with van der Waals surface area (Å²) in [5.41, 5.74) is 4.66. The molecular weight excluding hydrogens is 592 g/mol. The number of amides is 1. The molecule has 4 aromatic rings. The van der Waals surface area contributed by atoms with Gasteiger partial charge in [0.2, 0.25) is 5.95 Å². The van der Waals surface area contributed by atoms with Gasteiger partial charge in [0.05, 0.1) is 29.3 Å². The lowest BCUT2D eigenvalue weighted by Gasteiger charge is -2.36. The molecule has 0 aliphatic heterocycles. The number of benzene rings is 1. The molecule has 0 radical (unpaired) electrons. The van der Waals surface area contributed by atoms with Crippen molar-refractivity contribution >= 4 is 29.9 Å². The van der Waals surface area contributed by atoms with Crippen LogP contribution in [-0.2, 0) is 42.7 Å². The zero-order valence-electron chi connectivity index (χ0n) is 25.5. The number of anilines is 1. The monoisotopic (exact) mass is 630 g/mol. The van der Waals surface area contributed by atoms with Crippen molar-refractivity contribution in [1.29, 1.82) is 0 Å².